The number of nitrogens with zero attached hydrogens (tertiary/aromatic N) is 4. The Morgan fingerprint density at radius 2 is 2.00 bits per heavy atom. The molecule has 0 N–H and O–H groups in total. The highest BCUT2D eigenvalue weighted by atomic mass is 32.1. The fourth-order valence-electron chi connectivity index (χ4n) is 2.45. The molecule has 0 saturated carbocycles. The summed E-state index contributed by atoms with van der Waals surface area (Å²) >= 11 is 1.29. The monoisotopic (exact) mass is 356 g/mol. The van der Waals surface area contributed by atoms with Crippen molar-refractivity contribution in [3.63, 3.8) is 0 Å². The lowest BCUT2D eigenvalue weighted by Gasteiger charge is -2.10. The predicted octanol–water partition coefficient (Wildman–Crippen LogP) is 3.38. The van der Waals surface area contributed by atoms with Gasteiger partial charge in [0.1, 0.15) is 5.82 Å². The highest BCUT2D eigenvalue weighted by Crippen LogP contribution is 2.28. The van der Waals surface area contributed by atoms with Crippen LogP contribution in [-0.2, 0) is 6.18 Å². The van der Waals surface area contributed by atoms with Crippen LogP contribution in [0.1, 0.15) is 23.3 Å². The summed E-state index contributed by atoms with van der Waals surface area (Å²) in [6.45, 7) is 3.21. The smallest absolute Gasteiger partial charge is 0.323 e. The van der Waals surface area contributed by atoms with Gasteiger partial charge in [-0.1, -0.05) is 0 Å². The Labute approximate surface area is 140 Å². The minimum absolute atomic E-state index is 0.292. The largest absolute Gasteiger partial charge is 0.417 e. The third kappa shape index (κ3) is 3.50. The Bertz CT molecular complexity index is 801. The van der Waals surface area contributed by atoms with Crippen LogP contribution in [-0.4, -0.2) is 33.6 Å². The number of hydrogen-bond donors (Lipinski definition) is 0. The first-order valence-electron chi connectivity index (χ1n) is 7.41. The summed E-state index contributed by atoms with van der Waals surface area (Å²) in [5.74, 6) is 0.292. The molecule has 24 heavy (non-hydrogen) atoms. The topological polar surface area (TPSA) is 50.5 Å². The Hall–Kier alpha value is -2.16. The number of aromatic nitrogens is 2. The Morgan fingerprint density at radius 1 is 1.29 bits per heavy atom. The van der Waals surface area contributed by atoms with Crippen LogP contribution < -0.4 is 4.80 Å². The number of hydrogen-bond acceptors (Lipinski definition) is 3. The van der Waals surface area contributed by atoms with Crippen molar-refractivity contribution in [3.05, 3.63) is 39.8 Å². The SMILES string of the molecule is Cc1cn(-c2ccc(C(F)(F)F)cn2)/c(=N/C(=O)N2CCCC2)s1. The van der Waals surface area contributed by atoms with Crippen molar-refractivity contribution in [2.45, 2.75) is 25.9 Å². The van der Waals surface area contributed by atoms with Crippen LogP contribution in [0.25, 0.3) is 5.82 Å². The van der Waals surface area contributed by atoms with E-state index in [-0.39, 0.29) is 6.03 Å². The minimum atomic E-state index is -4.43. The summed E-state index contributed by atoms with van der Waals surface area (Å²) in [4.78, 5) is 23.1. The van der Waals surface area contributed by atoms with Crippen molar-refractivity contribution in [2.24, 2.45) is 4.99 Å². The van der Waals surface area contributed by atoms with Crippen LogP contribution in [0.15, 0.2) is 29.5 Å². The molecule has 1 aliphatic heterocycles. The molecule has 0 aliphatic carbocycles. The first-order valence-corrected chi connectivity index (χ1v) is 8.22. The molecule has 2 aromatic heterocycles. The molecule has 128 valence electrons. The standard InChI is InChI=1S/C15H15F3N4OS/c1-10-9-22(12-5-4-11(8-19-12)15(16,17)18)14(24-10)20-13(23)21-6-2-3-7-21/h4-5,8-9H,2-3,6-7H2,1H3/b20-14-. The summed E-state index contributed by atoms with van der Waals surface area (Å²) in [6, 6.07) is 1.91. The Kier molecular flexibility index (Phi) is 4.44. The molecule has 5 nitrogen and oxygen atoms in total. The van der Waals surface area contributed by atoms with E-state index in [0.29, 0.717) is 23.7 Å². The van der Waals surface area contributed by atoms with Crippen LogP contribution in [0.4, 0.5) is 18.0 Å². The number of likely N-dealkylation sites (tertiary alicyclic amines) is 1. The second-order valence-electron chi connectivity index (χ2n) is 5.49. The number of aryl methyl sites for hydroxylation is 1. The van der Waals surface area contributed by atoms with Crippen LogP contribution in [0.3, 0.4) is 0 Å². The minimum Gasteiger partial charge on any atom is -0.323 e. The summed E-state index contributed by atoms with van der Waals surface area (Å²) in [6.07, 6.45) is -0.0200. The lowest BCUT2D eigenvalue weighted by atomic mass is 10.3. The van der Waals surface area contributed by atoms with Crippen molar-refractivity contribution in [1.29, 1.82) is 0 Å². The van der Waals surface area contributed by atoms with Gasteiger partial charge in [0.15, 0.2) is 0 Å². The number of thiazole rings is 1. The molecule has 0 radical (unpaired) electrons. The van der Waals surface area contributed by atoms with Crippen LogP contribution >= 0.6 is 11.3 Å². The molecule has 0 bridgehead atoms. The molecule has 0 spiro atoms. The number of rotatable bonds is 1. The van der Waals surface area contributed by atoms with Gasteiger partial charge in [0.05, 0.1) is 5.56 Å². The zero-order chi connectivity index (χ0) is 17.3. The van der Waals surface area contributed by atoms with Gasteiger partial charge in [0.25, 0.3) is 0 Å². The first-order chi connectivity index (χ1) is 11.3. The van der Waals surface area contributed by atoms with E-state index in [2.05, 4.69) is 9.98 Å². The van der Waals surface area contributed by atoms with Gasteiger partial charge in [-0.2, -0.15) is 18.2 Å². The Morgan fingerprint density at radius 3 is 2.58 bits per heavy atom. The number of halogens is 3. The van der Waals surface area contributed by atoms with E-state index in [9.17, 15) is 18.0 Å². The highest BCUT2D eigenvalue weighted by Gasteiger charge is 2.30. The number of carbonyl (C=O) groups is 1. The summed E-state index contributed by atoms with van der Waals surface area (Å²) in [7, 11) is 0. The molecule has 0 aromatic carbocycles. The lowest BCUT2D eigenvalue weighted by Crippen LogP contribution is -2.27. The molecule has 9 heteroatoms. The zero-order valence-electron chi connectivity index (χ0n) is 12.9. The van der Waals surface area contributed by atoms with Crippen molar-refractivity contribution in [2.75, 3.05) is 13.1 Å². The van der Waals surface area contributed by atoms with Gasteiger partial charge >= 0.3 is 12.2 Å². The number of carbonyl (C=O) groups excluding carboxylic acids is 1. The number of alkyl halides is 3. The molecule has 1 aliphatic rings. The maximum atomic E-state index is 12.6. The molecule has 0 atom stereocenters. The van der Waals surface area contributed by atoms with E-state index in [0.717, 1.165) is 30.0 Å². The van der Waals surface area contributed by atoms with Gasteiger partial charge in [0, 0.05) is 30.4 Å². The third-order valence-corrected chi connectivity index (χ3v) is 4.56. The fraction of sp³-hybridized carbons (Fsp3) is 0.400. The molecule has 1 fully saturated rings. The maximum Gasteiger partial charge on any atom is 0.417 e. The molecule has 2 amide bonds. The molecular weight excluding hydrogens is 341 g/mol. The average Bonchev–Trinajstić information content (AvgIpc) is 3.16. The summed E-state index contributed by atoms with van der Waals surface area (Å²) < 4.78 is 39.4. The summed E-state index contributed by atoms with van der Waals surface area (Å²) in [5.41, 5.74) is -0.814. The third-order valence-electron chi connectivity index (χ3n) is 3.66. The van der Waals surface area contributed by atoms with E-state index in [1.807, 2.05) is 6.92 Å². The van der Waals surface area contributed by atoms with Gasteiger partial charge in [-0.25, -0.2) is 9.78 Å². The van der Waals surface area contributed by atoms with E-state index < -0.39 is 11.7 Å². The average molecular weight is 356 g/mol. The van der Waals surface area contributed by atoms with Gasteiger partial charge < -0.3 is 4.90 Å². The highest BCUT2D eigenvalue weighted by molar-refractivity contribution is 7.09. The van der Waals surface area contributed by atoms with Crippen LogP contribution in [0.2, 0.25) is 0 Å². The number of amides is 2. The predicted molar refractivity (Wildman–Crippen MR) is 82.9 cm³/mol. The first kappa shape index (κ1) is 16.7. The van der Waals surface area contributed by atoms with Crippen molar-refractivity contribution in [1.82, 2.24) is 14.5 Å². The molecule has 1 saturated heterocycles. The van der Waals surface area contributed by atoms with E-state index in [1.54, 1.807) is 11.1 Å². The van der Waals surface area contributed by atoms with Crippen molar-refractivity contribution in [3.8, 4) is 5.82 Å². The fourth-order valence-corrected chi connectivity index (χ4v) is 3.27. The van der Waals surface area contributed by atoms with E-state index >= 15 is 0 Å². The van der Waals surface area contributed by atoms with Crippen molar-refractivity contribution < 1.29 is 18.0 Å². The second kappa shape index (κ2) is 6.39. The van der Waals surface area contributed by atoms with E-state index in [1.165, 1.54) is 22.0 Å². The van der Waals surface area contributed by atoms with Gasteiger partial charge in [-0.3, -0.25) is 4.57 Å². The maximum absolute atomic E-state index is 12.6. The Balaban J connectivity index is 1.95. The molecule has 3 rings (SSSR count). The number of pyridine rings is 1. The summed E-state index contributed by atoms with van der Waals surface area (Å²) in [5, 5.41) is 0. The normalized spacial score (nSPS) is 16.0. The van der Waals surface area contributed by atoms with Gasteiger partial charge in [-0.15, -0.1) is 11.3 Å². The quantitative estimate of drug-likeness (QED) is 0.787. The van der Waals surface area contributed by atoms with E-state index in [4.69, 9.17) is 0 Å². The second-order valence-corrected chi connectivity index (χ2v) is 6.70. The van der Waals surface area contributed by atoms with Crippen LogP contribution in [0, 0.1) is 6.92 Å². The lowest BCUT2D eigenvalue weighted by molar-refractivity contribution is -0.137. The van der Waals surface area contributed by atoms with Gasteiger partial charge in [0.2, 0.25) is 4.80 Å². The van der Waals surface area contributed by atoms with Crippen LogP contribution in [0.5, 0.6) is 0 Å². The number of urea groups is 1. The zero-order valence-corrected chi connectivity index (χ0v) is 13.7. The van der Waals surface area contributed by atoms with Crippen molar-refractivity contribution >= 4 is 17.4 Å². The molecule has 3 heterocycles. The molecular formula is C15H15F3N4OS. The molecule has 0 unspecified atom stereocenters. The molecule has 2 aromatic rings. The van der Waals surface area contributed by atoms with Gasteiger partial charge in [-0.05, 0) is 31.9 Å².